The summed E-state index contributed by atoms with van der Waals surface area (Å²) in [4.78, 5) is 2.33. The SMILES string of the molecule is COc1c(-c2cccc(C)c2)sc(-c2ccc(Cl)cc2)c1-c1ccccc1. The third kappa shape index (κ3) is 3.51. The van der Waals surface area contributed by atoms with E-state index in [2.05, 4.69) is 67.6 Å². The first-order valence-corrected chi connectivity index (χ1v) is 9.96. The van der Waals surface area contributed by atoms with Gasteiger partial charge >= 0.3 is 0 Å². The van der Waals surface area contributed by atoms with Gasteiger partial charge in [-0.1, -0.05) is 83.9 Å². The molecule has 0 atom stereocenters. The molecule has 0 fully saturated rings. The van der Waals surface area contributed by atoms with E-state index in [1.54, 1.807) is 18.4 Å². The molecule has 4 aromatic rings. The Bertz CT molecular complexity index is 1070. The summed E-state index contributed by atoms with van der Waals surface area (Å²) >= 11 is 7.87. The molecule has 0 spiro atoms. The summed E-state index contributed by atoms with van der Waals surface area (Å²) in [6.07, 6.45) is 0. The topological polar surface area (TPSA) is 9.23 Å². The van der Waals surface area contributed by atoms with Gasteiger partial charge in [0, 0.05) is 15.5 Å². The van der Waals surface area contributed by atoms with Crippen LogP contribution in [0.25, 0.3) is 32.0 Å². The number of halogens is 1. The molecular weight excluding hydrogens is 372 g/mol. The molecule has 0 saturated heterocycles. The van der Waals surface area contributed by atoms with Gasteiger partial charge < -0.3 is 4.74 Å². The monoisotopic (exact) mass is 390 g/mol. The van der Waals surface area contributed by atoms with Gasteiger partial charge in [0.1, 0.15) is 5.75 Å². The first kappa shape index (κ1) is 17.8. The van der Waals surface area contributed by atoms with E-state index in [4.69, 9.17) is 16.3 Å². The van der Waals surface area contributed by atoms with E-state index < -0.39 is 0 Å². The van der Waals surface area contributed by atoms with Crippen molar-refractivity contribution in [2.75, 3.05) is 7.11 Å². The molecule has 3 heteroatoms. The Morgan fingerprint density at radius 2 is 1.44 bits per heavy atom. The zero-order valence-corrected chi connectivity index (χ0v) is 16.8. The van der Waals surface area contributed by atoms with E-state index >= 15 is 0 Å². The van der Waals surface area contributed by atoms with Gasteiger partial charge in [0.2, 0.25) is 0 Å². The molecule has 1 aromatic heterocycles. The summed E-state index contributed by atoms with van der Waals surface area (Å²) in [5.41, 5.74) is 5.82. The highest BCUT2D eigenvalue weighted by Crippen LogP contribution is 2.52. The lowest BCUT2D eigenvalue weighted by molar-refractivity contribution is 0.420. The number of methoxy groups -OCH3 is 1. The number of rotatable bonds is 4. The Kier molecular flexibility index (Phi) is 5.02. The van der Waals surface area contributed by atoms with Crippen LogP contribution in [0.5, 0.6) is 5.75 Å². The lowest BCUT2D eigenvalue weighted by Crippen LogP contribution is -1.88. The molecule has 0 saturated carbocycles. The highest BCUT2D eigenvalue weighted by atomic mass is 35.5. The van der Waals surface area contributed by atoms with Crippen molar-refractivity contribution in [3.05, 3.63) is 89.4 Å². The number of aryl methyl sites for hydroxylation is 1. The molecule has 3 aromatic carbocycles. The van der Waals surface area contributed by atoms with Gasteiger partial charge in [0.05, 0.1) is 12.0 Å². The van der Waals surface area contributed by atoms with Crippen molar-refractivity contribution in [3.63, 3.8) is 0 Å². The van der Waals surface area contributed by atoms with Crippen LogP contribution in [0.3, 0.4) is 0 Å². The second-order valence-electron chi connectivity index (χ2n) is 6.41. The molecule has 0 aliphatic rings. The normalized spacial score (nSPS) is 10.8. The number of hydrogen-bond acceptors (Lipinski definition) is 2. The van der Waals surface area contributed by atoms with Crippen molar-refractivity contribution in [2.45, 2.75) is 6.92 Å². The second kappa shape index (κ2) is 7.59. The fourth-order valence-electron chi connectivity index (χ4n) is 3.26. The lowest BCUT2D eigenvalue weighted by Gasteiger charge is -2.09. The summed E-state index contributed by atoms with van der Waals surface area (Å²) in [6.45, 7) is 2.11. The Balaban J connectivity index is 2.01. The van der Waals surface area contributed by atoms with Crippen molar-refractivity contribution >= 4 is 22.9 Å². The number of benzene rings is 3. The maximum Gasteiger partial charge on any atom is 0.145 e. The van der Waals surface area contributed by atoms with E-state index in [1.807, 2.05) is 18.2 Å². The van der Waals surface area contributed by atoms with Crippen LogP contribution < -0.4 is 4.74 Å². The van der Waals surface area contributed by atoms with Crippen molar-refractivity contribution in [2.24, 2.45) is 0 Å². The highest BCUT2D eigenvalue weighted by molar-refractivity contribution is 7.20. The quantitative estimate of drug-likeness (QED) is 0.346. The van der Waals surface area contributed by atoms with Crippen molar-refractivity contribution < 1.29 is 4.74 Å². The molecule has 0 aliphatic carbocycles. The van der Waals surface area contributed by atoms with Crippen LogP contribution in [0.15, 0.2) is 78.9 Å². The molecule has 4 rings (SSSR count). The fourth-order valence-corrected chi connectivity index (χ4v) is 4.68. The van der Waals surface area contributed by atoms with Crippen LogP contribution in [-0.4, -0.2) is 7.11 Å². The van der Waals surface area contributed by atoms with Gasteiger partial charge in [-0.05, 0) is 35.7 Å². The Labute approximate surface area is 168 Å². The fraction of sp³-hybridized carbons (Fsp3) is 0.0833. The van der Waals surface area contributed by atoms with E-state index in [0.717, 1.165) is 32.3 Å². The van der Waals surface area contributed by atoms with Crippen LogP contribution in [-0.2, 0) is 0 Å². The van der Waals surface area contributed by atoms with Crippen LogP contribution >= 0.6 is 22.9 Å². The molecule has 0 N–H and O–H groups in total. The molecule has 1 heterocycles. The maximum absolute atomic E-state index is 6.11. The molecule has 0 bridgehead atoms. The molecule has 27 heavy (non-hydrogen) atoms. The molecule has 1 nitrogen and oxygen atoms in total. The molecule has 134 valence electrons. The average molecular weight is 391 g/mol. The molecule has 0 aliphatic heterocycles. The smallest absolute Gasteiger partial charge is 0.145 e. The largest absolute Gasteiger partial charge is 0.495 e. The third-order valence-electron chi connectivity index (χ3n) is 4.52. The summed E-state index contributed by atoms with van der Waals surface area (Å²) in [6, 6.07) is 27.0. The van der Waals surface area contributed by atoms with Gasteiger partial charge in [-0.2, -0.15) is 0 Å². The van der Waals surface area contributed by atoms with Gasteiger partial charge in [-0.25, -0.2) is 0 Å². The zero-order valence-electron chi connectivity index (χ0n) is 15.2. The van der Waals surface area contributed by atoms with E-state index in [1.165, 1.54) is 16.0 Å². The van der Waals surface area contributed by atoms with Gasteiger partial charge in [0.25, 0.3) is 0 Å². The Morgan fingerprint density at radius 1 is 0.741 bits per heavy atom. The summed E-state index contributed by atoms with van der Waals surface area (Å²) in [7, 11) is 1.75. The van der Waals surface area contributed by atoms with E-state index in [-0.39, 0.29) is 0 Å². The first-order chi connectivity index (χ1) is 13.2. The van der Waals surface area contributed by atoms with Crippen LogP contribution in [0.1, 0.15) is 5.56 Å². The summed E-state index contributed by atoms with van der Waals surface area (Å²) < 4.78 is 5.94. The minimum absolute atomic E-state index is 0.738. The predicted molar refractivity (Wildman–Crippen MR) is 117 cm³/mol. The van der Waals surface area contributed by atoms with Crippen LogP contribution in [0, 0.1) is 6.92 Å². The van der Waals surface area contributed by atoms with Crippen LogP contribution in [0.4, 0.5) is 0 Å². The van der Waals surface area contributed by atoms with Crippen molar-refractivity contribution in [3.8, 4) is 37.8 Å². The van der Waals surface area contributed by atoms with Crippen molar-refractivity contribution in [1.82, 2.24) is 0 Å². The Hall–Kier alpha value is -2.55. The number of ether oxygens (including phenoxy) is 1. The number of hydrogen-bond donors (Lipinski definition) is 0. The molecule has 0 radical (unpaired) electrons. The highest BCUT2D eigenvalue weighted by Gasteiger charge is 2.22. The first-order valence-electron chi connectivity index (χ1n) is 8.76. The van der Waals surface area contributed by atoms with Crippen molar-refractivity contribution in [1.29, 1.82) is 0 Å². The van der Waals surface area contributed by atoms with Gasteiger partial charge in [-0.3, -0.25) is 0 Å². The van der Waals surface area contributed by atoms with Crippen LogP contribution in [0.2, 0.25) is 5.02 Å². The van der Waals surface area contributed by atoms with Gasteiger partial charge in [0.15, 0.2) is 0 Å². The standard InChI is InChI=1S/C24H19ClOS/c1-16-7-6-10-19(15-16)24-22(26-2)21(17-8-4-3-5-9-17)23(27-24)18-11-13-20(25)14-12-18/h3-15H,1-2H3. The molecular formula is C24H19ClOS. The number of thiophene rings is 1. The van der Waals surface area contributed by atoms with Gasteiger partial charge in [-0.15, -0.1) is 11.3 Å². The minimum Gasteiger partial charge on any atom is -0.495 e. The van der Waals surface area contributed by atoms with E-state index in [9.17, 15) is 0 Å². The minimum atomic E-state index is 0.738. The third-order valence-corrected chi connectivity index (χ3v) is 6.04. The maximum atomic E-state index is 6.11. The summed E-state index contributed by atoms with van der Waals surface area (Å²) in [5.74, 6) is 0.918. The predicted octanol–water partition coefficient (Wildman–Crippen LogP) is 7.72. The van der Waals surface area contributed by atoms with E-state index in [0.29, 0.717) is 0 Å². The second-order valence-corrected chi connectivity index (χ2v) is 7.87. The molecule has 0 amide bonds. The molecule has 0 unspecified atom stereocenters. The zero-order chi connectivity index (χ0) is 18.8. The summed E-state index contributed by atoms with van der Waals surface area (Å²) in [5, 5.41) is 0.738. The Morgan fingerprint density at radius 3 is 2.11 bits per heavy atom. The lowest BCUT2D eigenvalue weighted by atomic mass is 10.00. The average Bonchev–Trinajstić information content (AvgIpc) is 3.09.